The van der Waals surface area contributed by atoms with E-state index in [1.165, 1.54) is 10.5 Å². The molecule has 0 spiro atoms. The van der Waals surface area contributed by atoms with E-state index in [0.717, 1.165) is 37.0 Å². The Morgan fingerprint density at radius 3 is 3.22 bits per heavy atom. The van der Waals surface area contributed by atoms with Gasteiger partial charge in [-0.25, -0.2) is 0 Å². The van der Waals surface area contributed by atoms with E-state index < -0.39 is 0 Å². The van der Waals surface area contributed by atoms with Gasteiger partial charge < -0.3 is 9.88 Å². The number of hydrogen-bond donors (Lipinski definition) is 1. The lowest BCUT2D eigenvalue weighted by molar-refractivity contribution is 0.490. The van der Waals surface area contributed by atoms with Gasteiger partial charge in [-0.2, -0.15) is 0 Å². The largest absolute Gasteiger partial charge is 0.312 e. The summed E-state index contributed by atoms with van der Waals surface area (Å²) in [5, 5.41) is 12.1. The Balaban J connectivity index is 1.79. The highest BCUT2D eigenvalue weighted by molar-refractivity contribution is 7.99. The maximum absolute atomic E-state index is 4.44. The molecule has 0 saturated carbocycles. The average molecular weight is 258 g/mol. The summed E-state index contributed by atoms with van der Waals surface area (Å²) in [5.41, 5.74) is 1.41. The highest BCUT2D eigenvalue weighted by Crippen LogP contribution is 2.42. The normalized spacial score (nSPS) is 21.7. The zero-order valence-corrected chi connectivity index (χ0v) is 10.8. The van der Waals surface area contributed by atoms with Gasteiger partial charge in [-0.05, 0) is 11.6 Å². The Hall–Kier alpha value is -1.33. The predicted molar refractivity (Wildman–Crippen MR) is 70.7 cm³/mol. The van der Waals surface area contributed by atoms with Crippen LogP contribution in [0.15, 0.2) is 29.2 Å². The first kappa shape index (κ1) is 10.6. The van der Waals surface area contributed by atoms with Crippen LogP contribution in [0.5, 0.6) is 0 Å². The molecule has 1 atom stereocenters. The van der Waals surface area contributed by atoms with Gasteiger partial charge in [0.2, 0.25) is 0 Å². The minimum absolute atomic E-state index is 0.408. The first-order valence-electron chi connectivity index (χ1n) is 6.28. The second-order valence-electron chi connectivity index (χ2n) is 4.70. The van der Waals surface area contributed by atoms with Gasteiger partial charge in [-0.15, -0.1) is 22.0 Å². The van der Waals surface area contributed by atoms with Crippen LogP contribution in [0.4, 0.5) is 0 Å². The van der Waals surface area contributed by atoms with Crippen molar-refractivity contribution in [1.29, 1.82) is 0 Å². The average Bonchev–Trinajstić information content (AvgIpc) is 3.01. The molecule has 0 radical (unpaired) electrons. The van der Waals surface area contributed by atoms with E-state index in [1.54, 1.807) is 0 Å². The molecule has 18 heavy (non-hydrogen) atoms. The lowest BCUT2D eigenvalue weighted by Crippen LogP contribution is -2.29. The molecule has 2 aliphatic heterocycles. The van der Waals surface area contributed by atoms with Gasteiger partial charge in [0.25, 0.3) is 0 Å². The van der Waals surface area contributed by atoms with Crippen LogP contribution in [0.1, 0.15) is 23.1 Å². The summed E-state index contributed by atoms with van der Waals surface area (Å²) in [6, 6.07) is 8.65. The van der Waals surface area contributed by atoms with Crippen LogP contribution in [0.2, 0.25) is 0 Å². The van der Waals surface area contributed by atoms with Crippen LogP contribution in [-0.2, 0) is 13.1 Å². The molecule has 1 N–H and O–H groups in total. The molecule has 4 nitrogen and oxygen atoms in total. The second-order valence-corrected chi connectivity index (χ2v) is 5.77. The van der Waals surface area contributed by atoms with Gasteiger partial charge in [-0.1, -0.05) is 18.2 Å². The van der Waals surface area contributed by atoms with Crippen molar-refractivity contribution in [3.8, 4) is 0 Å². The van der Waals surface area contributed by atoms with Crippen molar-refractivity contribution in [3.63, 3.8) is 0 Å². The van der Waals surface area contributed by atoms with E-state index in [1.807, 2.05) is 11.8 Å². The van der Waals surface area contributed by atoms with Crippen molar-refractivity contribution in [2.45, 2.75) is 23.9 Å². The topological polar surface area (TPSA) is 42.7 Å². The van der Waals surface area contributed by atoms with Gasteiger partial charge >= 0.3 is 0 Å². The summed E-state index contributed by atoms with van der Waals surface area (Å²) in [5.74, 6) is 3.71. The smallest absolute Gasteiger partial charge is 0.147 e. The zero-order chi connectivity index (χ0) is 11.9. The molecule has 0 saturated heterocycles. The fourth-order valence-electron chi connectivity index (χ4n) is 2.75. The van der Waals surface area contributed by atoms with E-state index in [2.05, 4.69) is 44.3 Å². The Bertz CT molecular complexity index is 592. The maximum Gasteiger partial charge on any atom is 0.147 e. The van der Waals surface area contributed by atoms with Gasteiger partial charge in [0, 0.05) is 23.7 Å². The molecule has 0 aliphatic carbocycles. The fraction of sp³-hybridized carbons (Fsp3) is 0.385. The molecule has 1 aromatic carbocycles. The van der Waals surface area contributed by atoms with Crippen molar-refractivity contribution < 1.29 is 0 Å². The molecule has 0 bridgehead atoms. The summed E-state index contributed by atoms with van der Waals surface area (Å²) in [4.78, 5) is 1.40. The zero-order valence-electron chi connectivity index (χ0n) is 9.97. The fourth-order valence-corrected chi connectivity index (χ4v) is 3.98. The van der Waals surface area contributed by atoms with Crippen LogP contribution in [0.3, 0.4) is 0 Å². The highest BCUT2D eigenvalue weighted by Gasteiger charge is 2.30. The standard InChI is InChI=1S/C13H14N4S/c1-2-4-11-9(3-1)10(8-18-11)13-16-15-12-7-14-5-6-17(12)13/h1-4,10,14H,5-8H2. The Morgan fingerprint density at radius 1 is 1.28 bits per heavy atom. The molecule has 5 heteroatoms. The van der Waals surface area contributed by atoms with Crippen LogP contribution >= 0.6 is 11.8 Å². The molecule has 92 valence electrons. The highest BCUT2D eigenvalue weighted by atomic mass is 32.2. The number of fused-ring (bicyclic) bond motifs is 2. The van der Waals surface area contributed by atoms with Crippen molar-refractivity contribution in [2.75, 3.05) is 12.3 Å². The van der Waals surface area contributed by atoms with E-state index in [0.29, 0.717) is 5.92 Å². The maximum atomic E-state index is 4.44. The first-order valence-corrected chi connectivity index (χ1v) is 7.26. The van der Waals surface area contributed by atoms with Gasteiger partial charge in [-0.3, -0.25) is 0 Å². The van der Waals surface area contributed by atoms with Crippen molar-refractivity contribution >= 4 is 11.8 Å². The van der Waals surface area contributed by atoms with Gasteiger partial charge in [0.15, 0.2) is 0 Å². The van der Waals surface area contributed by atoms with Gasteiger partial charge in [0.05, 0.1) is 12.5 Å². The number of aromatic nitrogens is 3. The third-order valence-electron chi connectivity index (χ3n) is 3.66. The third kappa shape index (κ3) is 1.51. The predicted octanol–water partition coefficient (Wildman–Crippen LogP) is 1.62. The summed E-state index contributed by atoms with van der Waals surface area (Å²) >= 11 is 1.93. The van der Waals surface area contributed by atoms with E-state index in [9.17, 15) is 0 Å². The minimum Gasteiger partial charge on any atom is -0.312 e. The lowest BCUT2D eigenvalue weighted by Gasteiger charge is -2.18. The van der Waals surface area contributed by atoms with Crippen molar-refractivity contribution in [3.05, 3.63) is 41.5 Å². The SMILES string of the molecule is c1ccc2c(c1)SCC2c1nnc2n1CCNC2. The Kier molecular flexibility index (Phi) is 2.41. The molecule has 0 amide bonds. The molecule has 2 aliphatic rings. The quantitative estimate of drug-likeness (QED) is 0.844. The van der Waals surface area contributed by atoms with Crippen molar-refractivity contribution in [2.24, 2.45) is 0 Å². The van der Waals surface area contributed by atoms with Crippen LogP contribution < -0.4 is 5.32 Å². The van der Waals surface area contributed by atoms with E-state index in [4.69, 9.17) is 0 Å². The number of nitrogens with zero attached hydrogens (tertiary/aromatic N) is 3. The molecule has 0 fully saturated rings. The van der Waals surface area contributed by atoms with Crippen molar-refractivity contribution in [1.82, 2.24) is 20.1 Å². The summed E-state index contributed by atoms with van der Waals surface area (Å²) in [6.07, 6.45) is 0. The summed E-state index contributed by atoms with van der Waals surface area (Å²) in [6.45, 7) is 2.84. The number of nitrogens with one attached hydrogen (secondary N) is 1. The minimum atomic E-state index is 0.408. The van der Waals surface area contributed by atoms with E-state index >= 15 is 0 Å². The first-order chi connectivity index (χ1) is 8.93. The molecule has 1 unspecified atom stereocenters. The lowest BCUT2D eigenvalue weighted by atomic mass is 10.0. The molecule has 2 aromatic rings. The summed E-state index contributed by atoms with van der Waals surface area (Å²) < 4.78 is 2.30. The number of benzene rings is 1. The summed E-state index contributed by atoms with van der Waals surface area (Å²) in [7, 11) is 0. The van der Waals surface area contributed by atoms with Gasteiger partial charge in [0.1, 0.15) is 11.6 Å². The molecule has 1 aromatic heterocycles. The molecule has 3 heterocycles. The number of hydrogen-bond acceptors (Lipinski definition) is 4. The van der Waals surface area contributed by atoms with Crippen LogP contribution in [0, 0.1) is 0 Å². The third-order valence-corrected chi connectivity index (χ3v) is 4.85. The van der Waals surface area contributed by atoms with Crippen LogP contribution in [0.25, 0.3) is 0 Å². The second kappa shape index (κ2) is 4.10. The number of thioether (sulfide) groups is 1. The number of rotatable bonds is 1. The monoisotopic (exact) mass is 258 g/mol. The Morgan fingerprint density at radius 2 is 2.22 bits per heavy atom. The Labute approximate surface area is 110 Å². The molecular formula is C13H14N4S. The molecular weight excluding hydrogens is 244 g/mol. The van der Waals surface area contributed by atoms with E-state index in [-0.39, 0.29) is 0 Å². The molecule has 4 rings (SSSR count). The van der Waals surface area contributed by atoms with Crippen LogP contribution in [-0.4, -0.2) is 27.1 Å².